The van der Waals surface area contributed by atoms with Crippen LogP contribution in [0.1, 0.15) is 199 Å². The molecule has 0 radical (unpaired) electrons. The van der Waals surface area contributed by atoms with E-state index in [0.29, 0.717) is 38.9 Å². The molecule has 2 aromatic heterocycles. The summed E-state index contributed by atoms with van der Waals surface area (Å²) in [6.45, 7) is 49.1. The minimum atomic E-state index is -2.21. The van der Waals surface area contributed by atoms with Crippen molar-refractivity contribution in [2.75, 3.05) is 0 Å². The normalized spacial score (nSPS) is 13.3. The van der Waals surface area contributed by atoms with E-state index in [1.165, 1.54) is 46.5 Å². The average Bonchev–Trinajstić information content (AvgIpc) is 1.63. The van der Waals surface area contributed by atoms with E-state index in [9.17, 15) is 10.2 Å². The molecule has 0 atom stereocenters. The third-order valence-electron chi connectivity index (χ3n) is 19.0. The van der Waals surface area contributed by atoms with Crippen molar-refractivity contribution < 1.29 is 28.0 Å². The second kappa shape index (κ2) is 24.0. The Morgan fingerprint density at radius 2 is 0.642 bits per heavy atom. The van der Waals surface area contributed by atoms with E-state index in [0.717, 1.165) is 67.6 Å². The number of aromatic nitrogens is 2. The molecule has 0 saturated heterocycles. The molecule has 0 aliphatic carbocycles. The summed E-state index contributed by atoms with van der Waals surface area (Å²) < 4.78 is 52.0. The Morgan fingerprint density at radius 1 is 0.337 bits per heavy atom. The predicted octanol–water partition coefficient (Wildman–Crippen LogP) is 24.6. The molecule has 0 bridgehead atoms. The maximum absolute atomic E-state index is 16.5. The fraction of sp³-hybridized carbons (Fsp3) is 0.372. The Balaban J connectivity index is 1.12. The van der Waals surface area contributed by atoms with Crippen molar-refractivity contribution in [2.45, 2.75) is 198 Å². The first-order valence-corrected chi connectivity index (χ1v) is 34.9. The molecule has 11 rings (SSSR count). The lowest BCUT2D eigenvalue weighted by Gasteiger charge is -2.34. The highest BCUT2D eigenvalue weighted by Gasteiger charge is 2.35. The van der Waals surface area contributed by atoms with Gasteiger partial charge in [0.25, 0.3) is 0 Å². The van der Waals surface area contributed by atoms with Gasteiger partial charge in [-0.2, -0.15) is 0 Å². The highest BCUT2D eigenvalue weighted by atomic mass is 31.2. The van der Waals surface area contributed by atoms with Gasteiger partial charge in [0.1, 0.15) is 34.6 Å². The lowest BCUT2D eigenvalue weighted by Crippen LogP contribution is -2.25. The van der Waals surface area contributed by atoms with Crippen molar-refractivity contribution >= 4 is 57.3 Å². The number of fused-ring (bicyclic) bond motifs is 6. The minimum absolute atomic E-state index is 0.0480. The van der Waals surface area contributed by atoms with Gasteiger partial charge in [0, 0.05) is 43.8 Å². The quantitative estimate of drug-likeness (QED) is 0.113. The number of phenolic OH excluding ortho intramolecular Hbond substituents is 2. The summed E-state index contributed by atoms with van der Waals surface area (Å²) in [4.78, 5) is 0. The summed E-state index contributed by atoms with van der Waals surface area (Å²) in [7, 11) is -2.21. The molecular weight excluding hydrogens is 1190 g/mol. The van der Waals surface area contributed by atoms with Crippen molar-refractivity contribution in [3.63, 3.8) is 0 Å². The zero-order chi connectivity index (χ0) is 69.2. The largest absolute Gasteiger partial charge is 0.505 e. The van der Waals surface area contributed by atoms with Crippen LogP contribution in [0.25, 0.3) is 77.2 Å². The maximum Gasteiger partial charge on any atom is 0.326 e. The first kappa shape index (κ1) is 68.5. The van der Waals surface area contributed by atoms with Gasteiger partial charge in [0.15, 0.2) is 0 Å². The monoisotopic (exact) mass is 1290 g/mol. The van der Waals surface area contributed by atoms with Crippen LogP contribution in [0.4, 0.5) is 8.78 Å². The van der Waals surface area contributed by atoms with Gasteiger partial charge in [-0.05, 0) is 211 Å². The summed E-state index contributed by atoms with van der Waals surface area (Å²) in [5.74, 6) is -0.617. The highest BCUT2D eigenvalue weighted by molar-refractivity contribution is 7.56. The molecule has 2 N–H and O–H groups in total. The number of rotatable bonds is 13. The number of hydrogen-bond acceptors (Lipinski definition) is 4. The lowest BCUT2D eigenvalue weighted by atomic mass is 9.71. The Morgan fingerprint density at radius 3 is 0.926 bits per heavy atom. The molecule has 2 heterocycles. The van der Waals surface area contributed by atoms with Crippen molar-refractivity contribution in [1.82, 2.24) is 9.13 Å². The molecule has 0 amide bonds. The van der Waals surface area contributed by atoms with Crippen molar-refractivity contribution in [3.05, 3.63) is 209 Å². The molecule has 496 valence electrons. The molecule has 0 aliphatic rings. The Bertz CT molecular complexity index is 4350. The van der Waals surface area contributed by atoms with E-state index >= 15 is 8.78 Å². The lowest BCUT2D eigenvalue weighted by molar-refractivity contribution is 0.283. The Labute approximate surface area is 565 Å². The summed E-state index contributed by atoms with van der Waals surface area (Å²) in [5.41, 5.74) is 11.3. The van der Waals surface area contributed by atoms with Crippen LogP contribution in [0, 0.1) is 22.5 Å². The van der Waals surface area contributed by atoms with Gasteiger partial charge in [-0.15, -0.1) is 0 Å². The van der Waals surface area contributed by atoms with Gasteiger partial charge >= 0.3 is 8.38 Å². The van der Waals surface area contributed by atoms with Gasteiger partial charge in [0.2, 0.25) is 0 Å². The van der Waals surface area contributed by atoms with E-state index in [1.807, 2.05) is 42.5 Å². The Kier molecular flexibility index (Phi) is 17.3. The van der Waals surface area contributed by atoms with Crippen LogP contribution in [0.3, 0.4) is 0 Å². The average molecular weight is 1290 g/mol. The van der Waals surface area contributed by atoms with E-state index in [1.54, 1.807) is 12.1 Å². The molecule has 0 aliphatic heterocycles. The van der Waals surface area contributed by atoms with Crippen LogP contribution in [0.2, 0.25) is 0 Å². The molecule has 0 saturated carbocycles. The second-order valence-corrected chi connectivity index (χ2v) is 36.1. The molecule has 0 unspecified atom stereocenters. The molecule has 11 aromatic rings. The predicted molar refractivity (Wildman–Crippen MR) is 399 cm³/mol. The van der Waals surface area contributed by atoms with E-state index < -0.39 is 30.8 Å². The van der Waals surface area contributed by atoms with Crippen LogP contribution in [-0.2, 0) is 32.5 Å². The summed E-state index contributed by atoms with van der Waals surface area (Å²) in [6, 6.07) is 53.2. The number of nitrogens with zero attached hydrogens (tertiary/aromatic N) is 2. The van der Waals surface area contributed by atoms with E-state index in [4.69, 9.17) is 9.05 Å². The molecule has 6 nitrogen and oxygen atoms in total. The number of phenols is 2. The Hall–Kier alpha value is -7.93. The molecule has 9 aromatic carbocycles. The van der Waals surface area contributed by atoms with Crippen LogP contribution < -0.4 is 14.4 Å². The third-order valence-corrected chi connectivity index (χ3v) is 20.4. The zero-order valence-corrected chi connectivity index (χ0v) is 61.2. The first-order chi connectivity index (χ1) is 44.0. The van der Waals surface area contributed by atoms with Crippen molar-refractivity contribution in [1.29, 1.82) is 0 Å². The maximum atomic E-state index is 16.5. The van der Waals surface area contributed by atoms with Crippen molar-refractivity contribution in [2.24, 2.45) is 10.8 Å². The van der Waals surface area contributed by atoms with Gasteiger partial charge in [-0.3, -0.25) is 0 Å². The SMILES string of the molecule is CC(C)(C)CC(C)(C)c1cc(-c2cc(F)ccc2OP(Oc2ccc(F)cc2-c2cc(C(C)(C)CC(C)(C)C)cc(-n3c4ccc(C(C)(C)C)cc4c4cc(C(C)(C)C)ccc43)c2O)c2ccccc2)c(O)c(-n2c3ccc(C(C)(C)C)cc3c3cc(C(C)(C)C)ccc32)c1. The van der Waals surface area contributed by atoms with Gasteiger partial charge < -0.3 is 28.4 Å². The second-order valence-electron chi connectivity index (χ2n) is 34.7. The fourth-order valence-corrected chi connectivity index (χ4v) is 15.8. The molecule has 95 heavy (non-hydrogen) atoms. The van der Waals surface area contributed by atoms with Crippen LogP contribution in [0.5, 0.6) is 23.0 Å². The number of halogens is 2. The zero-order valence-electron chi connectivity index (χ0n) is 60.3. The highest BCUT2D eigenvalue weighted by Crippen LogP contribution is 2.54. The van der Waals surface area contributed by atoms with Crippen LogP contribution in [-0.4, -0.2) is 19.3 Å². The van der Waals surface area contributed by atoms with Gasteiger partial charge in [0.05, 0.1) is 38.7 Å². The molecular formula is C86H99F2N2O4P. The molecule has 0 spiro atoms. The van der Waals surface area contributed by atoms with Crippen molar-refractivity contribution in [3.8, 4) is 56.6 Å². The van der Waals surface area contributed by atoms with E-state index in [2.05, 4.69) is 246 Å². The minimum Gasteiger partial charge on any atom is -0.505 e. The topological polar surface area (TPSA) is 68.8 Å². The molecule has 0 fully saturated rings. The fourth-order valence-electron chi connectivity index (χ4n) is 14.5. The molecule has 9 heteroatoms. The van der Waals surface area contributed by atoms with Gasteiger partial charge in [-0.25, -0.2) is 8.78 Å². The smallest absolute Gasteiger partial charge is 0.326 e. The first-order valence-electron chi connectivity index (χ1n) is 33.7. The third kappa shape index (κ3) is 13.8. The standard InChI is InChI=1S/C86H99F2N2O4P/c1-79(2,3)50-85(19,20)56-44-67(77(91)73(46-56)89-69-34-28-52(81(7,8)9)40-61(69)62-41-53(82(10,11)12)29-35-70(62)89)65-48-58(87)32-38-75(65)93-95(60-26-24-23-25-27-60)94-76-39-33-59(88)49-66(76)68-45-57(86(21,22)51-80(4,5)6)47-74(78(68)92)90-71-36-30-54(83(13,14)15)42-63(71)64-43-55(84(16,17)18)31-37-72(64)90/h23-49,91-92H,50-51H2,1-22H3. The van der Waals surface area contributed by atoms with Gasteiger partial charge in [-0.1, -0.05) is 195 Å². The van der Waals surface area contributed by atoms with E-state index in [-0.39, 0.29) is 55.5 Å². The summed E-state index contributed by atoms with van der Waals surface area (Å²) in [5, 5.41) is 31.7. The summed E-state index contributed by atoms with van der Waals surface area (Å²) in [6.07, 6.45) is 1.59. The summed E-state index contributed by atoms with van der Waals surface area (Å²) >= 11 is 0. The number of hydrogen-bond donors (Lipinski definition) is 2. The number of benzene rings is 9. The number of aromatic hydroxyl groups is 2. The van der Waals surface area contributed by atoms with Crippen LogP contribution in [0.15, 0.2) is 164 Å². The van der Waals surface area contributed by atoms with Crippen LogP contribution >= 0.6 is 8.38 Å².